The normalized spacial score (nSPS) is 10.7. The van der Waals surface area contributed by atoms with E-state index < -0.39 is 0 Å². The number of ether oxygens (including phenoxy) is 2. The molecule has 0 radical (unpaired) electrons. The summed E-state index contributed by atoms with van der Waals surface area (Å²) in [5.41, 5.74) is 2.32. The molecule has 0 N–H and O–H groups in total. The first kappa shape index (κ1) is 17.5. The topological polar surface area (TPSA) is 38.8 Å². The van der Waals surface area contributed by atoms with Gasteiger partial charge in [-0.2, -0.15) is 0 Å². The van der Waals surface area contributed by atoms with Gasteiger partial charge >= 0.3 is 5.97 Å². The van der Waals surface area contributed by atoms with Crippen LogP contribution in [0.2, 0.25) is 0 Å². The monoisotopic (exact) mass is 293 g/mol. The van der Waals surface area contributed by atoms with Crippen molar-refractivity contribution in [3.63, 3.8) is 0 Å². The summed E-state index contributed by atoms with van der Waals surface area (Å²) in [5.74, 6) is 0.750. The first-order valence-electron chi connectivity index (χ1n) is 7.64. The second-order valence-electron chi connectivity index (χ2n) is 5.20. The van der Waals surface area contributed by atoms with Crippen LogP contribution in [-0.4, -0.2) is 43.7 Å². The maximum atomic E-state index is 11.6. The lowest BCUT2D eigenvalue weighted by atomic mass is 10.1. The summed E-state index contributed by atoms with van der Waals surface area (Å²) in [7, 11) is 0. The average molecular weight is 293 g/mol. The molecule has 1 aromatic carbocycles. The molecule has 21 heavy (non-hydrogen) atoms. The molecular formula is C17H27NO3. The summed E-state index contributed by atoms with van der Waals surface area (Å²) in [6.07, 6.45) is 1.00. The molecule has 1 aromatic rings. The Balaban J connectivity index is 2.45. The molecule has 0 heterocycles. The zero-order valence-electron chi connectivity index (χ0n) is 13.6. The number of rotatable bonds is 9. The number of aryl methyl sites for hydroxylation is 2. The van der Waals surface area contributed by atoms with E-state index in [1.807, 2.05) is 19.9 Å². The standard InChI is InChI=1S/C17H27NO3/c1-5-9-18(13-17(19)20-6-2)10-11-21-16-12-14(3)7-8-15(16)4/h7-8,12H,5-6,9-11,13H2,1-4H3. The predicted molar refractivity (Wildman–Crippen MR) is 84.8 cm³/mol. The minimum atomic E-state index is -0.169. The molecule has 0 aliphatic heterocycles. The van der Waals surface area contributed by atoms with Crippen molar-refractivity contribution in [2.24, 2.45) is 0 Å². The number of carbonyl (C=O) groups is 1. The molecule has 0 saturated carbocycles. The van der Waals surface area contributed by atoms with Gasteiger partial charge in [0, 0.05) is 6.54 Å². The summed E-state index contributed by atoms with van der Waals surface area (Å²) in [6.45, 7) is 10.9. The Morgan fingerprint density at radius 2 is 1.95 bits per heavy atom. The summed E-state index contributed by atoms with van der Waals surface area (Å²) in [4.78, 5) is 13.6. The van der Waals surface area contributed by atoms with Gasteiger partial charge in [-0.3, -0.25) is 9.69 Å². The summed E-state index contributed by atoms with van der Waals surface area (Å²) in [6, 6.07) is 6.18. The highest BCUT2D eigenvalue weighted by Crippen LogP contribution is 2.18. The van der Waals surface area contributed by atoms with Gasteiger partial charge < -0.3 is 9.47 Å². The van der Waals surface area contributed by atoms with Crippen LogP contribution in [0.25, 0.3) is 0 Å². The van der Waals surface area contributed by atoms with Crippen molar-refractivity contribution in [1.82, 2.24) is 4.90 Å². The number of hydrogen-bond donors (Lipinski definition) is 0. The summed E-state index contributed by atoms with van der Waals surface area (Å²) in [5, 5.41) is 0. The molecule has 0 aliphatic rings. The third-order valence-electron chi connectivity index (χ3n) is 3.21. The lowest BCUT2D eigenvalue weighted by Crippen LogP contribution is -2.35. The number of esters is 1. The smallest absolute Gasteiger partial charge is 0.320 e. The van der Waals surface area contributed by atoms with Gasteiger partial charge in [0.2, 0.25) is 0 Å². The van der Waals surface area contributed by atoms with Crippen molar-refractivity contribution in [2.75, 3.05) is 32.8 Å². The van der Waals surface area contributed by atoms with Gasteiger partial charge in [-0.05, 0) is 50.9 Å². The molecule has 0 amide bonds. The highest BCUT2D eigenvalue weighted by molar-refractivity contribution is 5.71. The second-order valence-corrected chi connectivity index (χ2v) is 5.20. The molecule has 0 spiro atoms. The van der Waals surface area contributed by atoms with Crippen molar-refractivity contribution in [1.29, 1.82) is 0 Å². The Bertz CT molecular complexity index is 446. The van der Waals surface area contributed by atoms with Crippen LogP contribution < -0.4 is 4.74 Å². The number of carbonyl (C=O) groups excluding carboxylic acids is 1. The van der Waals surface area contributed by atoms with Gasteiger partial charge in [0.05, 0.1) is 13.2 Å². The SMILES string of the molecule is CCCN(CCOc1cc(C)ccc1C)CC(=O)OCC. The fourth-order valence-corrected chi connectivity index (χ4v) is 2.12. The molecule has 4 nitrogen and oxygen atoms in total. The largest absolute Gasteiger partial charge is 0.492 e. The van der Waals surface area contributed by atoms with E-state index in [4.69, 9.17) is 9.47 Å². The van der Waals surface area contributed by atoms with E-state index >= 15 is 0 Å². The zero-order valence-corrected chi connectivity index (χ0v) is 13.6. The van der Waals surface area contributed by atoms with Gasteiger partial charge in [-0.25, -0.2) is 0 Å². The molecule has 0 saturated heterocycles. The van der Waals surface area contributed by atoms with Gasteiger partial charge in [0.25, 0.3) is 0 Å². The molecule has 4 heteroatoms. The fourth-order valence-electron chi connectivity index (χ4n) is 2.12. The van der Waals surface area contributed by atoms with Gasteiger partial charge in [-0.15, -0.1) is 0 Å². The maximum absolute atomic E-state index is 11.6. The average Bonchev–Trinajstić information content (AvgIpc) is 2.43. The zero-order chi connectivity index (χ0) is 15.7. The molecule has 0 bridgehead atoms. The van der Waals surface area contributed by atoms with E-state index in [0.29, 0.717) is 19.8 Å². The highest BCUT2D eigenvalue weighted by atomic mass is 16.5. The van der Waals surface area contributed by atoms with Crippen LogP contribution in [0.3, 0.4) is 0 Å². The summed E-state index contributed by atoms with van der Waals surface area (Å²) >= 11 is 0. The fraction of sp³-hybridized carbons (Fsp3) is 0.588. The number of benzene rings is 1. The van der Waals surface area contributed by atoms with E-state index in [-0.39, 0.29) is 5.97 Å². The van der Waals surface area contributed by atoms with Crippen LogP contribution in [0.1, 0.15) is 31.4 Å². The quantitative estimate of drug-likeness (QED) is 0.656. The van der Waals surface area contributed by atoms with Crippen molar-refractivity contribution >= 4 is 5.97 Å². The predicted octanol–water partition coefficient (Wildman–Crippen LogP) is 2.96. The van der Waals surface area contributed by atoms with Gasteiger partial charge in [0.1, 0.15) is 12.4 Å². The molecule has 118 valence electrons. The molecule has 0 atom stereocenters. The van der Waals surface area contributed by atoms with E-state index in [2.05, 4.69) is 30.9 Å². The van der Waals surface area contributed by atoms with Crippen LogP contribution in [0.5, 0.6) is 5.75 Å². The Hall–Kier alpha value is -1.55. The van der Waals surface area contributed by atoms with Crippen LogP contribution in [-0.2, 0) is 9.53 Å². The Morgan fingerprint density at radius 3 is 2.62 bits per heavy atom. The van der Waals surface area contributed by atoms with Crippen molar-refractivity contribution in [2.45, 2.75) is 34.1 Å². The van der Waals surface area contributed by atoms with Gasteiger partial charge in [0.15, 0.2) is 0 Å². The van der Waals surface area contributed by atoms with E-state index in [0.717, 1.165) is 30.8 Å². The first-order valence-corrected chi connectivity index (χ1v) is 7.64. The third kappa shape index (κ3) is 6.63. The second kappa shape index (κ2) is 9.40. The van der Waals surface area contributed by atoms with Crippen LogP contribution in [0.4, 0.5) is 0 Å². The van der Waals surface area contributed by atoms with Crippen LogP contribution in [0, 0.1) is 13.8 Å². The van der Waals surface area contributed by atoms with E-state index in [9.17, 15) is 4.79 Å². The Labute approximate surface area is 128 Å². The van der Waals surface area contributed by atoms with Crippen molar-refractivity contribution in [3.05, 3.63) is 29.3 Å². The van der Waals surface area contributed by atoms with E-state index in [1.54, 1.807) is 0 Å². The number of hydrogen-bond acceptors (Lipinski definition) is 4. The maximum Gasteiger partial charge on any atom is 0.320 e. The van der Waals surface area contributed by atoms with Crippen molar-refractivity contribution in [3.8, 4) is 5.75 Å². The van der Waals surface area contributed by atoms with Crippen LogP contribution in [0.15, 0.2) is 18.2 Å². The van der Waals surface area contributed by atoms with Crippen LogP contribution >= 0.6 is 0 Å². The highest BCUT2D eigenvalue weighted by Gasteiger charge is 2.11. The molecule has 0 aliphatic carbocycles. The third-order valence-corrected chi connectivity index (χ3v) is 3.21. The molecule has 1 rings (SSSR count). The van der Waals surface area contributed by atoms with Gasteiger partial charge in [-0.1, -0.05) is 19.1 Å². The lowest BCUT2D eigenvalue weighted by Gasteiger charge is -2.21. The van der Waals surface area contributed by atoms with Crippen molar-refractivity contribution < 1.29 is 14.3 Å². The molecule has 0 fully saturated rings. The Morgan fingerprint density at radius 1 is 1.19 bits per heavy atom. The minimum Gasteiger partial charge on any atom is -0.492 e. The lowest BCUT2D eigenvalue weighted by molar-refractivity contribution is -0.144. The van der Waals surface area contributed by atoms with E-state index in [1.165, 1.54) is 5.56 Å². The minimum absolute atomic E-state index is 0.169. The first-order chi connectivity index (χ1) is 10.1. The number of nitrogens with zero attached hydrogens (tertiary/aromatic N) is 1. The molecule has 0 aromatic heterocycles. The molecular weight excluding hydrogens is 266 g/mol. The molecule has 0 unspecified atom stereocenters. The summed E-state index contributed by atoms with van der Waals surface area (Å²) < 4.78 is 10.8. The Kier molecular flexibility index (Phi) is 7.83.